The molecule has 0 bridgehead atoms. The maximum atomic E-state index is 15.5. The number of alkyl halides is 2. The maximum absolute atomic E-state index is 15.5. The molecule has 6 rings (SSSR count). The quantitative estimate of drug-likeness (QED) is 0.500. The van der Waals surface area contributed by atoms with Crippen molar-refractivity contribution < 1.29 is 23.2 Å². The van der Waals surface area contributed by atoms with E-state index < -0.39 is 23.9 Å². The van der Waals surface area contributed by atoms with E-state index in [0.717, 1.165) is 22.3 Å². The van der Waals surface area contributed by atoms with Crippen molar-refractivity contribution in [1.29, 1.82) is 0 Å². The molecule has 2 saturated heterocycles. The Morgan fingerprint density at radius 1 is 1.00 bits per heavy atom. The van der Waals surface area contributed by atoms with Crippen molar-refractivity contribution in [1.82, 2.24) is 20.0 Å². The summed E-state index contributed by atoms with van der Waals surface area (Å²) in [4.78, 5) is 42.0. The number of hydrogen-bond donors (Lipinski definition) is 1. The number of nitrogens with one attached hydrogen (secondary N) is 1. The molecule has 0 saturated carbocycles. The lowest BCUT2D eigenvalue weighted by Crippen LogP contribution is -2.58. The summed E-state index contributed by atoms with van der Waals surface area (Å²) in [6, 6.07) is 9.39. The highest BCUT2D eigenvalue weighted by Crippen LogP contribution is 2.37. The van der Waals surface area contributed by atoms with Gasteiger partial charge in [-0.25, -0.2) is 8.78 Å². The smallest absolute Gasteiger partial charge is 0.275 e. The molecule has 2 fully saturated rings. The van der Waals surface area contributed by atoms with Crippen molar-refractivity contribution >= 4 is 46.5 Å². The monoisotopic (exact) mass is 602 g/mol. The Hall–Kier alpha value is -2.85. The molecule has 2 aromatic carbocycles. The van der Waals surface area contributed by atoms with Gasteiger partial charge in [0.05, 0.1) is 22.6 Å². The Morgan fingerprint density at radius 2 is 1.83 bits per heavy atom. The van der Waals surface area contributed by atoms with Crippen molar-refractivity contribution in [3.8, 4) is 0 Å². The second kappa shape index (κ2) is 11.1. The first kappa shape index (κ1) is 28.3. The molecule has 7 nitrogen and oxygen atoms in total. The van der Waals surface area contributed by atoms with Crippen molar-refractivity contribution in [2.45, 2.75) is 56.8 Å². The molecule has 2 atom stereocenters. The summed E-state index contributed by atoms with van der Waals surface area (Å²) >= 11 is 12.5. The number of fused-ring (bicyclic) bond motifs is 1. The van der Waals surface area contributed by atoms with Gasteiger partial charge in [-0.1, -0.05) is 53.5 Å². The summed E-state index contributed by atoms with van der Waals surface area (Å²) in [5.74, 6) is -3.95. The number of imide groups is 1. The van der Waals surface area contributed by atoms with E-state index in [0.29, 0.717) is 67.6 Å². The number of rotatable bonds is 5. The minimum absolute atomic E-state index is 0.192. The van der Waals surface area contributed by atoms with Crippen LogP contribution >= 0.6 is 23.2 Å². The van der Waals surface area contributed by atoms with Crippen LogP contribution in [0.4, 0.5) is 8.78 Å². The Balaban J connectivity index is 1.08. The molecule has 1 N–H and O–H groups in total. The molecule has 0 radical (unpaired) electrons. The molecular weight excluding hydrogens is 573 g/mol. The van der Waals surface area contributed by atoms with Gasteiger partial charge in [-0.3, -0.25) is 29.5 Å². The van der Waals surface area contributed by atoms with Crippen LogP contribution in [0.5, 0.6) is 0 Å². The zero-order chi connectivity index (χ0) is 28.9. The van der Waals surface area contributed by atoms with Crippen molar-refractivity contribution in [2.24, 2.45) is 0 Å². The fourth-order valence-corrected chi connectivity index (χ4v) is 6.93. The number of nitrogens with zero attached hydrogens (tertiary/aromatic N) is 3. The largest absolute Gasteiger partial charge is 0.322 e. The van der Waals surface area contributed by atoms with Crippen LogP contribution in [0.3, 0.4) is 0 Å². The van der Waals surface area contributed by atoms with E-state index in [-0.39, 0.29) is 24.8 Å². The lowest BCUT2D eigenvalue weighted by Gasteiger charge is -2.44. The second-order valence-electron chi connectivity index (χ2n) is 11.2. The van der Waals surface area contributed by atoms with Crippen molar-refractivity contribution in [3.05, 3.63) is 74.8 Å². The first-order valence-electron chi connectivity index (χ1n) is 13.8. The molecule has 4 aliphatic rings. The van der Waals surface area contributed by atoms with Crippen molar-refractivity contribution in [3.63, 3.8) is 0 Å². The number of likely N-dealkylation sites (tertiary alicyclic amines) is 1. The lowest BCUT2D eigenvalue weighted by atomic mass is 9.94. The SMILES string of the molecule is O=C1CCC(N2Cc3ccc(CN4CCC(N5CC=C(c6cccc(Cl)c6Cl)CC5)C(F)(F)C4)cc3C2=O)C(=O)N1. The van der Waals surface area contributed by atoms with Crippen LogP contribution in [0.2, 0.25) is 10.0 Å². The minimum atomic E-state index is -2.90. The van der Waals surface area contributed by atoms with E-state index in [2.05, 4.69) is 5.32 Å². The first-order valence-corrected chi connectivity index (χ1v) is 14.6. The number of halogens is 4. The Labute approximate surface area is 247 Å². The molecule has 216 valence electrons. The zero-order valence-corrected chi connectivity index (χ0v) is 23.9. The van der Waals surface area contributed by atoms with Crippen molar-refractivity contribution in [2.75, 3.05) is 26.2 Å². The summed E-state index contributed by atoms with van der Waals surface area (Å²) < 4.78 is 31.0. The summed E-state index contributed by atoms with van der Waals surface area (Å²) in [6.45, 7) is 1.69. The first-order chi connectivity index (χ1) is 19.6. The van der Waals surface area contributed by atoms with Gasteiger partial charge in [0, 0.05) is 44.7 Å². The van der Waals surface area contributed by atoms with Crippen LogP contribution in [0.25, 0.3) is 5.57 Å². The molecule has 3 amide bonds. The Bertz CT molecular complexity index is 1450. The van der Waals surface area contributed by atoms with Crippen LogP contribution < -0.4 is 5.32 Å². The van der Waals surface area contributed by atoms with E-state index in [1.54, 1.807) is 17.0 Å². The Kier molecular flexibility index (Phi) is 7.65. The van der Waals surface area contributed by atoms with Crippen LogP contribution in [-0.2, 0) is 22.7 Å². The summed E-state index contributed by atoms with van der Waals surface area (Å²) in [5.41, 5.74) is 3.94. The third kappa shape index (κ3) is 5.52. The fraction of sp³-hybridized carbons (Fsp3) is 0.433. The molecule has 2 unspecified atom stereocenters. The number of benzene rings is 2. The molecule has 41 heavy (non-hydrogen) atoms. The van der Waals surface area contributed by atoms with E-state index in [1.165, 1.54) is 4.90 Å². The van der Waals surface area contributed by atoms with Crippen LogP contribution in [-0.4, -0.2) is 76.6 Å². The van der Waals surface area contributed by atoms with Gasteiger partial charge < -0.3 is 4.90 Å². The minimum Gasteiger partial charge on any atom is -0.322 e. The Morgan fingerprint density at radius 3 is 2.56 bits per heavy atom. The molecule has 0 aliphatic carbocycles. The number of carbonyl (C=O) groups is 3. The molecule has 2 aromatic rings. The molecule has 0 aromatic heterocycles. The third-order valence-electron chi connectivity index (χ3n) is 8.62. The number of hydrogen-bond acceptors (Lipinski definition) is 5. The molecule has 4 aliphatic heterocycles. The van der Waals surface area contributed by atoms with Crippen LogP contribution in [0, 0.1) is 0 Å². The highest BCUT2D eigenvalue weighted by Gasteiger charge is 2.47. The predicted molar refractivity (Wildman–Crippen MR) is 152 cm³/mol. The number of amides is 3. The second-order valence-corrected chi connectivity index (χ2v) is 12.0. The van der Waals surface area contributed by atoms with Gasteiger partial charge >= 0.3 is 0 Å². The van der Waals surface area contributed by atoms with Gasteiger partial charge in [0.25, 0.3) is 11.8 Å². The van der Waals surface area contributed by atoms with Gasteiger partial charge in [-0.2, -0.15) is 0 Å². The van der Waals surface area contributed by atoms with Gasteiger partial charge in [-0.15, -0.1) is 0 Å². The van der Waals surface area contributed by atoms with Gasteiger partial charge in [0.15, 0.2) is 0 Å². The highest BCUT2D eigenvalue weighted by atomic mass is 35.5. The van der Waals surface area contributed by atoms with E-state index in [4.69, 9.17) is 23.2 Å². The summed E-state index contributed by atoms with van der Waals surface area (Å²) in [7, 11) is 0. The molecule has 0 spiro atoms. The van der Waals surface area contributed by atoms with E-state index in [1.807, 2.05) is 35.2 Å². The molecular formula is C30H30Cl2F2N4O3. The van der Waals surface area contributed by atoms with Crippen LogP contribution in [0.1, 0.15) is 52.7 Å². The highest BCUT2D eigenvalue weighted by molar-refractivity contribution is 6.43. The zero-order valence-electron chi connectivity index (χ0n) is 22.3. The van der Waals surface area contributed by atoms with Crippen LogP contribution in [0.15, 0.2) is 42.5 Å². The molecule has 4 heterocycles. The summed E-state index contributed by atoms with van der Waals surface area (Å²) in [6.07, 6.45) is 3.42. The van der Waals surface area contributed by atoms with Gasteiger partial charge in [0.1, 0.15) is 6.04 Å². The maximum Gasteiger partial charge on any atom is 0.275 e. The fourth-order valence-electron chi connectivity index (χ4n) is 6.51. The van der Waals surface area contributed by atoms with E-state index in [9.17, 15) is 14.4 Å². The summed E-state index contributed by atoms with van der Waals surface area (Å²) in [5, 5.41) is 3.27. The average Bonchev–Trinajstić information content (AvgIpc) is 3.25. The van der Waals surface area contributed by atoms with Gasteiger partial charge in [0.2, 0.25) is 11.8 Å². The molecule has 11 heteroatoms. The predicted octanol–water partition coefficient (Wildman–Crippen LogP) is 4.75. The topological polar surface area (TPSA) is 73.0 Å². The third-order valence-corrected chi connectivity index (χ3v) is 9.44. The van der Waals surface area contributed by atoms with Gasteiger partial charge in [-0.05, 0) is 53.7 Å². The normalized spacial score (nSPS) is 25.2. The number of carbonyl (C=O) groups excluding carboxylic acids is 3. The lowest BCUT2D eigenvalue weighted by molar-refractivity contribution is -0.136. The van der Waals surface area contributed by atoms with E-state index >= 15 is 8.78 Å². The average molecular weight is 603 g/mol. The standard InChI is InChI=1S/C30H30Cl2F2N4O3/c31-23-3-1-2-21(27(23)32)19-8-12-37(13-9-19)25-10-11-36(17-30(25,33)34)15-18-4-5-20-16-38(29(41)22(20)14-18)24-6-7-26(39)35-28(24)40/h1-5,8,14,24-25H,6-7,9-13,15-17H2,(H,35,39,40). The number of piperidine rings is 2.